The van der Waals surface area contributed by atoms with E-state index in [0.717, 1.165) is 31.9 Å². The Labute approximate surface area is 254 Å². The van der Waals surface area contributed by atoms with E-state index in [1.807, 2.05) is 7.05 Å². The third-order valence-electron chi connectivity index (χ3n) is 7.10. The molecule has 1 fully saturated rings. The van der Waals surface area contributed by atoms with Crippen LogP contribution in [-0.2, 0) is 14.3 Å². The van der Waals surface area contributed by atoms with Crippen molar-refractivity contribution in [3.8, 4) is 11.5 Å². The van der Waals surface area contributed by atoms with Crippen molar-refractivity contribution in [3.05, 3.63) is 68.9 Å². The highest BCUT2D eigenvalue weighted by molar-refractivity contribution is 5.95. The van der Waals surface area contributed by atoms with Gasteiger partial charge < -0.3 is 34.6 Å². The second-order valence-electron chi connectivity index (χ2n) is 10.1. The topological polar surface area (TPSA) is 177 Å². The number of piperazine rings is 1. The lowest BCUT2D eigenvalue weighted by atomic mass is 9.95. The Morgan fingerprint density at radius 1 is 1.16 bits per heavy atom. The highest BCUT2D eigenvalue weighted by atomic mass is 16.6. The second-order valence-corrected chi connectivity index (χ2v) is 10.1. The van der Waals surface area contributed by atoms with Gasteiger partial charge in [0.05, 0.1) is 36.5 Å². The number of esters is 1. The molecule has 2 aliphatic rings. The van der Waals surface area contributed by atoms with Gasteiger partial charge in [0, 0.05) is 55.3 Å². The number of hydrogen-bond donors (Lipinski definition) is 3. The number of urea groups is 1. The van der Waals surface area contributed by atoms with Crippen molar-refractivity contribution < 1.29 is 33.5 Å². The van der Waals surface area contributed by atoms with Gasteiger partial charge in [0.25, 0.3) is 11.6 Å². The third kappa shape index (κ3) is 7.60. The number of allylic oxidation sites excluding steroid dienone is 1. The molecule has 44 heavy (non-hydrogen) atoms. The van der Waals surface area contributed by atoms with Gasteiger partial charge >= 0.3 is 12.0 Å². The van der Waals surface area contributed by atoms with E-state index in [1.54, 1.807) is 38.1 Å². The second kappa shape index (κ2) is 14.3. The smallest absolute Gasteiger partial charge is 0.338 e. The zero-order chi connectivity index (χ0) is 31.8. The summed E-state index contributed by atoms with van der Waals surface area (Å²) >= 11 is 0. The number of benzene rings is 2. The van der Waals surface area contributed by atoms with Gasteiger partial charge in [0.15, 0.2) is 18.1 Å². The normalized spacial score (nSPS) is 17.1. The number of nitrogens with zero attached hydrogens (tertiary/aromatic N) is 4. The van der Waals surface area contributed by atoms with E-state index in [0.29, 0.717) is 16.8 Å². The maximum atomic E-state index is 12.6. The van der Waals surface area contributed by atoms with Gasteiger partial charge in [-0.05, 0) is 44.7 Å². The molecule has 0 radical (unpaired) electrons. The molecule has 2 aromatic carbocycles. The minimum Gasteiger partial charge on any atom is -0.493 e. The molecule has 0 unspecified atom stereocenters. The lowest BCUT2D eigenvalue weighted by Crippen LogP contribution is -2.45. The van der Waals surface area contributed by atoms with Crippen molar-refractivity contribution in [1.82, 2.24) is 21.0 Å². The number of methoxy groups -OCH3 is 1. The number of carbonyl (C=O) groups is 3. The molecule has 4 rings (SSSR count). The largest absolute Gasteiger partial charge is 0.493 e. The number of nitro benzene ring substituents is 1. The predicted molar refractivity (Wildman–Crippen MR) is 161 cm³/mol. The fraction of sp³-hybridized carbons (Fsp3) is 0.379. The SMILES string of the molecule is CCOC(=O)C1=C(C)NC(=O)N[C@@H]1c1ccc(OCC(=O)N/N=C\c2cc([N+](=O)[O-])ccc2N2CCN(C)CC2)c(OC)c1. The average molecular weight is 610 g/mol. The molecule has 2 heterocycles. The monoisotopic (exact) mass is 609 g/mol. The number of carbonyl (C=O) groups excluding carboxylic acids is 3. The number of nitro groups is 1. The standard InChI is InChI=1S/C29H35N7O8/c1-5-43-28(38)26-18(2)31-29(39)32-27(26)19-6-9-23(24(15-19)42-4)44-17-25(37)33-30-16-20-14-21(36(40)41)7-8-22(20)35-12-10-34(3)11-13-35/h6-9,14-16,27H,5,10-13,17H2,1-4H3,(H,33,37)(H2,31,32,39)/b30-16-/t27-/m1/s1. The molecule has 0 bridgehead atoms. The first kappa shape index (κ1) is 31.7. The number of likely N-dealkylation sites (N-methyl/N-ethyl adjacent to an activating group) is 1. The minimum atomic E-state index is -0.798. The van der Waals surface area contributed by atoms with Gasteiger partial charge in [-0.1, -0.05) is 6.07 Å². The summed E-state index contributed by atoms with van der Waals surface area (Å²) in [5.74, 6) is -0.640. The number of hydrazone groups is 1. The summed E-state index contributed by atoms with van der Waals surface area (Å²) in [6.07, 6.45) is 1.37. The Morgan fingerprint density at radius 2 is 1.91 bits per heavy atom. The van der Waals surface area contributed by atoms with Crippen molar-refractivity contribution in [3.63, 3.8) is 0 Å². The van der Waals surface area contributed by atoms with E-state index < -0.39 is 35.5 Å². The molecular weight excluding hydrogens is 574 g/mol. The molecule has 234 valence electrons. The van der Waals surface area contributed by atoms with E-state index in [1.165, 1.54) is 25.5 Å². The Morgan fingerprint density at radius 3 is 2.59 bits per heavy atom. The summed E-state index contributed by atoms with van der Waals surface area (Å²) in [4.78, 5) is 52.5. The number of amides is 3. The third-order valence-corrected chi connectivity index (χ3v) is 7.10. The Bertz CT molecular complexity index is 1480. The van der Waals surface area contributed by atoms with Crippen LogP contribution in [-0.4, -0.2) is 87.5 Å². The number of non-ortho nitro benzene ring substituents is 1. The van der Waals surface area contributed by atoms with Crippen molar-refractivity contribution in [2.24, 2.45) is 5.10 Å². The van der Waals surface area contributed by atoms with Gasteiger partial charge in [-0.15, -0.1) is 0 Å². The van der Waals surface area contributed by atoms with Crippen LogP contribution < -0.4 is 30.4 Å². The molecule has 2 aromatic rings. The summed E-state index contributed by atoms with van der Waals surface area (Å²) in [5, 5.41) is 20.7. The Kier molecular flexibility index (Phi) is 10.3. The molecule has 2 aliphatic heterocycles. The number of hydrogen-bond acceptors (Lipinski definition) is 11. The first-order valence-corrected chi connectivity index (χ1v) is 13.9. The zero-order valence-corrected chi connectivity index (χ0v) is 24.9. The van der Waals surface area contributed by atoms with Crippen LogP contribution in [0, 0.1) is 10.1 Å². The summed E-state index contributed by atoms with van der Waals surface area (Å²) in [6.45, 7) is 6.25. The number of rotatable bonds is 11. The first-order valence-electron chi connectivity index (χ1n) is 13.9. The van der Waals surface area contributed by atoms with E-state index in [-0.39, 0.29) is 29.4 Å². The van der Waals surface area contributed by atoms with E-state index in [9.17, 15) is 24.5 Å². The van der Waals surface area contributed by atoms with Crippen LogP contribution in [0.4, 0.5) is 16.2 Å². The summed E-state index contributed by atoms with van der Waals surface area (Å²) in [7, 11) is 3.45. The fourth-order valence-corrected chi connectivity index (χ4v) is 4.85. The van der Waals surface area contributed by atoms with Crippen LogP contribution in [0.3, 0.4) is 0 Å². The van der Waals surface area contributed by atoms with E-state index >= 15 is 0 Å². The maximum absolute atomic E-state index is 12.6. The van der Waals surface area contributed by atoms with Crippen LogP contribution >= 0.6 is 0 Å². The summed E-state index contributed by atoms with van der Waals surface area (Å²) < 4.78 is 16.3. The lowest BCUT2D eigenvalue weighted by molar-refractivity contribution is -0.384. The molecule has 3 amide bonds. The van der Waals surface area contributed by atoms with Crippen LogP contribution in [0.5, 0.6) is 11.5 Å². The van der Waals surface area contributed by atoms with Gasteiger partial charge in [0.2, 0.25) is 0 Å². The molecule has 1 saturated heterocycles. The van der Waals surface area contributed by atoms with Crippen LogP contribution in [0.25, 0.3) is 0 Å². The molecule has 0 aromatic heterocycles. The predicted octanol–water partition coefficient (Wildman–Crippen LogP) is 2.08. The molecule has 3 N–H and O–H groups in total. The molecule has 0 saturated carbocycles. The van der Waals surface area contributed by atoms with E-state index in [2.05, 4.69) is 31.0 Å². The molecular formula is C29H35N7O8. The maximum Gasteiger partial charge on any atom is 0.338 e. The molecule has 1 atom stereocenters. The minimum absolute atomic E-state index is 0.0846. The molecule has 0 spiro atoms. The Balaban J connectivity index is 1.43. The fourth-order valence-electron chi connectivity index (χ4n) is 4.85. The lowest BCUT2D eigenvalue weighted by Gasteiger charge is -2.34. The molecule has 15 nitrogen and oxygen atoms in total. The van der Waals surface area contributed by atoms with Gasteiger partial charge in [-0.2, -0.15) is 5.10 Å². The molecule has 15 heteroatoms. The van der Waals surface area contributed by atoms with Gasteiger partial charge in [-0.3, -0.25) is 14.9 Å². The first-order chi connectivity index (χ1) is 21.1. The van der Waals surface area contributed by atoms with Gasteiger partial charge in [-0.25, -0.2) is 15.0 Å². The number of nitrogens with one attached hydrogen (secondary N) is 3. The van der Waals surface area contributed by atoms with Crippen LogP contribution in [0.2, 0.25) is 0 Å². The van der Waals surface area contributed by atoms with Crippen molar-refractivity contribution in [1.29, 1.82) is 0 Å². The average Bonchev–Trinajstić information content (AvgIpc) is 3.00. The zero-order valence-electron chi connectivity index (χ0n) is 24.9. The van der Waals surface area contributed by atoms with Crippen molar-refractivity contribution in [2.45, 2.75) is 19.9 Å². The van der Waals surface area contributed by atoms with Crippen molar-refractivity contribution in [2.75, 3.05) is 58.5 Å². The number of anilines is 1. The Hall–Kier alpha value is -5.18. The van der Waals surface area contributed by atoms with Crippen LogP contribution in [0.15, 0.2) is 52.8 Å². The van der Waals surface area contributed by atoms with E-state index in [4.69, 9.17) is 14.2 Å². The van der Waals surface area contributed by atoms with Crippen molar-refractivity contribution >= 4 is 35.5 Å². The highest BCUT2D eigenvalue weighted by Gasteiger charge is 2.32. The summed E-state index contributed by atoms with van der Waals surface area (Å²) in [5.41, 5.74) is 4.73. The quantitative estimate of drug-likeness (QED) is 0.148. The highest BCUT2D eigenvalue weighted by Crippen LogP contribution is 2.34. The number of ether oxygens (including phenoxy) is 3. The van der Waals surface area contributed by atoms with Gasteiger partial charge in [0.1, 0.15) is 0 Å². The molecule has 0 aliphatic carbocycles. The van der Waals surface area contributed by atoms with Crippen LogP contribution in [0.1, 0.15) is 31.0 Å². The summed E-state index contributed by atoms with van der Waals surface area (Å²) in [6, 6.07) is 8.07.